The van der Waals surface area contributed by atoms with Crippen molar-refractivity contribution < 1.29 is 32.9 Å². The summed E-state index contributed by atoms with van der Waals surface area (Å²) < 4.78 is 218. The van der Waals surface area contributed by atoms with Gasteiger partial charge in [-0.1, -0.05) is 147 Å². The van der Waals surface area contributed by atoms with Crippen LogP contribution in [0, 0.1) is 0 Å². The number of rotatable bonds is 2. The Morgan fingerprint density at radius 2 is 0.933 bits per heavy atom. The fraction of sp³-hybridized carbons (Fsp3) is 0.0667. The molecule has 0 nitrogen and oxygen atoms in total. The van der Waals surface area contributed by atoms with Crippen molar-refractivity contribution in [2.24, 2.45) is 0 Å². The second-order valence-corrected chi connectivity index (χ2v) is 11.4. The van der Waals surface area contributed by atoms with Crippen molar-refractivity contribution in [1.29, 1.82) is 0 Å². The molecule has 0 atom stereocenters. The summed E-state index contributed by atoms with van der Waals surface area (Å²) in [7, 11) is 0. The zero-order valence-corrected chi connectivity index (χ0v) is 23.5. The summed E-state index contributed by atoms with van der Waals surface area (Å²) in [6, 6.07) is -17.7. The third kappa shape index (κ3) is 3.37. The molecule has 9 aromatic carbocycles. The highest BCUT2D eigenvalue weighted by atomic mass is 14.4. The summed E-state index contributed by atoms with van der Waals surface area (Å²) >= 11 is 0. The summed E-state index contributed by atoms with van der Waals surface area (Å²) in [5.41, 5.74) is -4.73. The Morgan fingerprint density at radius 3 is 1.76 bits per heavy atom. The van der Waals surface area contributed by atoms with Gasteiger partial charge in [-0.25, -0.2) is 0 Å². The van der Waals surface area contributed by atoms with E-state index in [1.165, 1.54) is 13.8 Å². The lowest BCUT2D eigenvalue weighted by Crippen LogP contribution is -2.23. The van der Waals surface area contributed by atoms with E-state index in [-0.39, 0.29) is 54.6 Å². The van der Waals surface area contributed by atoms with E-state index in [1.807, 2.05) is 0 Å². The van der Waals surface area contributed by atoms with E-state index in [0.29, 0.717) is 0 Å². The highest BCUT2D eigenvalue weighted by molar-refractivity contribution is 6.26. The maximum atomic E-state index is 9.78. The number of benzene rings is 9. The third-order valence-corrected chi connectivity index (χ3v) is 8.56. The minimum atomic E-state index is -1.53. The van der Waals surface area contributed by atoms with Crippen LogP contribution in [-0.2, 0) is 5.41 Å². The molecular weight excluding hydrogens is 540 g/mol. The predicted molar refractivity (Wildman–Crippen MR) is 194 cm³/mol. The first-order valence-electron chi connectivity index (χ1n) is 26.0. The molecule has 45 heavy (non-hydrogen) atoms. The summed E-state index contributed by atoms with van der Waals surface area (Å²) in [6.07, 6.45) is 0. The fourth-order valence-electron chi connectivity index (χ4n) is 6.41. The number of fused-ring (bicyclic) bond motifs is 3. The smallest absolute Gasteiger partial charge is 0.0613 e. The van der Waals surface area contributed by atoms with E-state index in [1.54, 1.807) is 0 Å². The van der Waals surface area contributed by atoms with Crippen LogP contribution in [-0.4, -0.2) is 0 Å². The van der Waals surface area contributed by atoms with E-state index >= 15 is 0 Å². The van der Waals surface area contributed by atoms with Crippen molar-refractivity contribution in [3.63, 3.8) is 0 Å². The van der Waals surface area contributed by atoms with Crippen molar-refractivity contribution in [2.45, 2.75) is 19.3 Å². The average molecular weight is 595 g/mol. The van der Waals surface area contributed by atoms with Gasteiger partial charge in [0.15, 0.2) is 0 Å². The van der Waals surface area contributed by atoms with Crippen LogP contribution in [0.4, 0.5) is 0 Å². The van der Waals surface area contributed by atoms with Crippen LogP contribution >= 0.6 is 0 Å². The quantitative estimate of drug-likeness (QED) is 0.175. The van der Waals surface area contributed by atoms with Crippen LogP contribution in [0.3, 0.4) is 0 Å². The first kappa shape index (κ1) is 11.2. The van der Waals surface area contributed by atoms with Crippen LogP contribution in [0.2, 0.25) is 0 Å². The molecule has 0 saturated heterocycles. The lowest BCUT2D eigenvalue weighted by Gasteiger charge is -2.35. The molecule has 1 aliphatic carbocycles. The second-order valence-electron chi connectivity index (χ2n) is 11.4. The van der Waals surface area contributed by atoms with Crippen molar-refractivity contribution in [3.05, 3.63) is 156 Å². The summed E-state index contributed by atoms with van der Waals surface area (Å²) in [5.74, 6) is 0. The number of hydrogen-bond donors (Lipinski definition) is 0. The van der Waals surface area contributed by atoms with Gasteiger partial charge in [-0.15, -0.1) is 0 Å². The van der Waals surface area contributed by atoms with Crippen LogP contribution < -0.4 is 0 Å². The van der Waals surface area contributed by atoms with E-state index in [2.05, 4.69) is 0 Å². The second kappa shape index (κ2) is 8.80. The molecule has 0 aromatic heterocycles. The van der Waals surface area contributed by atoms with E-state index in [9.17, 15) is 13.7 Å². The normalized spacial score (nSPS) is 21.2. The average Bonchev–Trinajstić information content (AvgIpc) is 3.29. The Kier molecular flexibility index (Phi) is 2.18. The molecule has 210 valence electrons. The fourth-order valence-corrected chi connectivity index (χ4v) is 6.41. The van der Waals surface area contributed by atoms with Crippen LogP contribution in [0.1, 0.15) is 57.9 Å². The molecule has 0 heterocycles. The lowest BCUT2D eigenvalue weighted by atomic mass is 9.68. The minimum absolute atomic E-state index is 0.00960. The maximum absolute atomic E-state index is 9.78. The molecule has 0 unspecified atom stereocenters. The highest BCUT2D eigenvalue weighted by Gasteiger charge is 2.33. The number of hydrogen-bond acceptors (Lipinski definition) is 0. The van der Waals surface area contributed by atoms with Gasteiger partial charge in [0.1, 0.15) is 0 Å². The van der Waals surface area contributed by atoms with Gasteiger partial charge in [-0.2, -0.15) is 0 Å². The van der Waals surface area contributed by atoms with E-state index in [4.69, 9.17) is 19.2 Å². The molecular formula is C45H30. The Hall–Kier alpha value is -5.46. The topological polar surface area (TPSA) is 0 Å². The molecule has 9 aromatic rings. The maximum Gasteiger partial charge on any atom is 0.0636 e. The van der Waals surface area contributed by atoms with Gasteiger partial charge in [-0.05, 0) is 110 Å². The molecule has 0 saturated carbocycles. The molecule has 0 radical (unpaired) electrons. The van der Waals surface area contributed by atoms with Crippen molar-refractivity contribution in [2.75, 3.05) is 0 Å². The molecule has 0 fully saturated rings. The Morgan fingerprint density at radius 1 is 0.378 bits per heavy atom. The zero-order chi connectivity index (χ0) is 50.7. The SMILES string of the molecule is [2H]c1c([2H])c2c(c([2H])c1-c1c([2H])c([2H])c3c(-c4c([2H])c([2H])c5c([2H])c([2H])c6c([2H])c([2H])c([2H])c7c([2H])c([2H])c4c5c67)c([2H])c([2H])c([2H])c3c1[2H])-c1c([2H])c([2H])c([2H])c3c([2H])c([2H])c([2H])c(c13)C2(C)C. The van der Waals surface area contributed by atoms with E-state index in [0.717, 1.165) is 0 Å². The summed E-state index contributed by atoms with van der Waals surface area (Å²) in [5, 5.41) is -3.67. The molecule has 0 amide bonds. The summed E-state index contributed by atoms with van der Waals surface area (Å²) in [4.78, 5) is 0. The minimum Gasteiger partial charge on any atom is -0.0613 e. The highest BCUT2D eigenvalue weighted by Crippen LogP contribution is 2.49. The van der Waals surface area contributed by atoms with Crippen LogP contribution in [0.25, 0.3) is 87.2 Å². The Bertz CT molecular complexity index is 3990. The van der Waals surface area contributed by atoms with Crippen molar-refractivity contribution in [3.8, 4) is 33.4 Å². The zero-order valence-electron chi connectivity index (χ0n) is 47.5. The predicted octanol–water partition coefficient (Wildman–Crippen LogP) is 12.5. The molecule has 0 bridgehead atoms. The van der Waals surface area contributed by atoms with Gasteiger partial charge in [0.05, 0.1) is 32.9 Å². The Labute approximate surface area is 296 Å². The lowest BCUT2D eigenvalue weighted by molar-refractivity contribution is 0.645. The molecule has 0 spiro atoms. The van der Waals surface area contributed by atoms with Gasteiger partial charge in [0, 0.05) is 5.41 Å². The monoisotopic (exact) mass is 594 g/mol. The first-order valence-corrected chi connectivity index (χ1v) is 14.0. The van der Waals surface area contributed by atoms with Crippen LogP contribution in [0.15, 0.2) is 145 Å². The van der Waals surface area contributed by atoms with Crippen LogP contribution in [0.5, 0.6) is 0 Å². The van der Waals surface area contributed by atoms with Gasteiger partial charge < -0.3 is 0 Å². The largest absolute Gasteiger partial charge is 0.0636 e. The van der Waals surface area contributed by atoms with Gasteiger partial charge >= 0.3 is 0 Å². The third-order valence-electron chi connectivity index (χ3n) is 8.56. The molecule has 0 aliphatic heterocycles. The Balaban J connectivity index is 1.39. The van der Waals surface area contributed by atoms with Gasteiger partial charge in [0.25, 0.3) is 0 Å². The molecule has 10 rings (SSSR count). The van der Waals surface area contributed by atoms with Gasteiger partial charge in [-0.3, -0.25) is 0 Å². The first-order chi connectivity index (χ1) is 32.1. The molecule has 1 aliphatic rings. The molecule has 0 heteroatoms. The van der Waals surface area contributed by atoms with E-state index < -0.39 is 194 Å². The van der Waals surface area contributed by atoms with Crippen molar-refractivity contribution >= 4 is 53.9 Å². The van der Waals surface area contributed by atoms with Crippen molar-refractivity contribution in [1.82, 2.24) is 0 Å². The summed E-state index contributed by atoms with van der Waals surface area (Å²) in [6.45, 7) is 3.06. The standard InChI is InChI=1S/C45H30/c1-45(2)40-24-20-32(26-39(40)37-13-4-9-27-10-6-14-41(45)43(27)37)31-19-21-34-33(25-31)11-5-12-35(34)36-22-17-30-16-15-28-7-3-8-29-18-23-38(36)44(30)42(28)29/h3-26H,1-2H3/i3D,4D,5D,6D,7D,8D,9D,10D,11D,12D,13D,14D,15D,16D,17D,18D,19D,20D,21D,22D,23D,24D,25D,26D. The molecule has 0 N–H and O–H groups in total. The van der Waals surface area contributed by atoms with Gasteiger partial charge in [0.2, 0.25) is 0 Å².